The molecule has 0 spiro atoms. The largest absolute Gasteiger partial charge is 0.500 e. The van der Waals surface area contributed by atoms with E-state index in [4.69, 9.17) is 22.1 Å². The second-order valence-corrected chi connectivity index (χ2v) is 2.60. The van der Waals surface area contributed by atoms with E-state index in [0.717, 1.165) is 24.3 Å². The fraction of sp³-hybridized carbons (Fsp3) is 0.429. The summed E-state index contributed by atoms with van der Waals surface area (Å²) in [5, 5.41) is 0.631. The van der Waals surface area contributed by atoms with Gasteiger partial charge in [0.25, 0.3) is 0 Å². The summed E-state index contributed by atoms with van der Waals surface area (Å²) in [6.45, 7) is 0. The Labute approximate surface area is 65.3 Å². The zero-order valence-corrected chi connectivity index (χ0v) is 6.61. The van der Waals surface area contributed by atoms with E-state index in [0.29, 0.717) is 5.03 Å². The van der Waals surface area contributed by atoms with Gasteiger partial charge in [0.1, 0.15) is 5.76 Å². The fourth-order valence-electron chi connectivity index (χ4n) is 0.892. The highest BCUT2D eigenvalue weighted by atomic mass is 35.5. The number of halogens is 1. The van der Waals surface area contributed by atoms with Crippen molar-refractivity contribution in [2.24, 2.45) is 5.73 Å². The Morgan fingerprint density at radius 3 is 2.80 bits per heavy atom. The summed E-state index contributed by atoms with van der Waals surface area (Å²) in [6.07, 6.45) is 3.40. The van der Waals surface area contributed by atoms with E-state index < -0.39 is 0 Å². The lowest BCUT2D eigenvalue weighted by Crippen LogP contribution is -2.04. The number of hydrogen-bond donors (Lipinski definition) is 1. The first-order valence-corrected chi connectivity index (χ1v) is 3.50. The standard InChI is InChI=1S/C7H10ClNO/c1-10-7-3-2-5(9)4-6(7)8/h4H,2-3,9H2,1H3. The first kappa shape index (κ1) is 7.48. The Kier molecular flexibility index (Phi) is 2.22. The second-order valence-electron chi connectivity index (χ2n) is 2.19. The molecule has 0 aromatic heterocycles. The zero-order valence-electron chi connectivity index (χ0n) is 5.86. The molecule has 3 heteroatoms. The third-order valence-corrected chi connectivity index (χ3v) is 1.79. The molecule has 2 nitrogen and oxygen atoms in total. The summed E-state index contributed by atoms with van der Waals surface area (Å²) in [4.78, 5) is 0. The topological polar surface area (TPSA) is 35.2 Å². The van der Waals surface area contributed by atoms with Crippen molar-refractivity contribution >= 4 is 11.6 Å². The van der Waals surface area contributed by atoms with Gasteiger partial charge < -0.3 is 10.5 Å². The van der Waals surface area contributed by atoms with Gasteiger partial charge >= 0.3 is 0 Å². The SMILES string of the molecule is COC1=C(Cl)C=C(N)CC1. The van der Waals surface area contributed by atoms with Crippen molar-refractivity contribution in [1.29, 1.82) is 0 Å². The van der Waals surface area contributed by atoms with E-state index >= 15 is 0 Å². The molecule has 0 heterocycles. The average Bonchev–Trinajstić information content (AvgIpc) is 1.88. The highest BCUT2D eigenvalue weighted by molar-refractivity contribution is 6.31. The number of hydrogen-bond acceptors (Lipinski definition) is 2. The van der Waals surface area contributed by atoms with Crippen LogP contribution in [0, 0.1) is 0 Å². The molecular weight excluding hydrogens is 150 g/mol. The van der Waals surface area contributed by atoms with E-state index in [2.05, 4.69) is 0 Å². The molecule has 2 N–H and O–H groups in total. The van der Waals surface area contributed by atoms with Crippen molar-refractivity contribution in [3.8, 4) is 0 Å². The van der Waals surface area contributed by atoms with Crippen molar-refractivity contribution in [2.75, 3.05) is 7.11 Å². The van der Waals surface area contributed by atoms with E-state index in [1.54, 1.807) is 13.2 Å². The van der Waals surface area contributed by atoms with Crippen molar-refractivity contribution in [2.45, 2.75) is 12.8 Å². The van der Waals surface area contributed by atoms with Crippen LogP contribution >= 0.6 is 11.6 Å². The molecule has 0 saturated heterocycles. The van der Waals surface area contributed by atoms with Crippen LogP contribution in [0.5, 0.6) is 0 Å². The van der Waals surface area contributed by atoms with Crippen molar-refractivity contribution in [1.82, 2.24) is 0 Å². The van der Waals surface area contributed by atoms with Gasteiger partial charge in [-0.25, -0.2) is 0 Å². The zero-order chi connectivity index (χ0) is 7.56. The quantitative estimate of drug-likeness (QED) is 0.633. The molecule has 0 bridgehead atoms. The second kappa shape index (κ2) is 2.97. The number of methoxy groups -OCH3 is 1. The highest BCUT2D eigenvalue weighted by Crippen LogP contribution is 2.24. The number of rotatable bonds is 1. The molecule has 0 fully saturated rings. The maximum Gasteiger partial charge on any atom is 0.115 e. The predicted octanol–water partition coefficient (Wildman–Crippen LogP) is 1.72. The van der Waals surface area contributed by atoms with E-state index in [1.165, 1.54) is 0 Å². The molecule has 0 aromatic rings. The van der Waals surface area contributed by atoms with E-state index in [-0.39, 0.29) is 0 Å². The Morgan fingerprint density at radius 1 is 1.60 bits per heavy atom. The van der Waals surface area contributed by atoms with Crippen LogP contribution in [0.1, 0.15) is 12.8 Å². The lowest BCUT2D eigenvalue weighted by molar-refractivity contribution is 0.274. The molecule has 1 aliphatic carbocycles. The number of allylic oxidation sites excluding steroid dienone is 4. The van der Waals surface area contributed by atoms with Crippen LogP contribution in [0.15, 0.2) is 22.6 Å². The van der Waals surface area contributed by atoms with E-state index in [9.17, 15) is 0 Å². The van der Waals surface area contributed by atoms with E-state index in [1.807, 2.05) is 0 Å². The van der Waals surface area contributed by atoms with Crippen LogP contribution in [0.25, 0.3) is 0 Å². The summed E-state index contributed by atoms with van der Waals surface area (Å²) in [7, 11) is 1.62. The van der Waals surface area contributed by atoms with Gasteiger partial charge in [-0.2, -0.15) is 0 Å². The smallest absolute Gasteiger partial charge is 0.115 e. The molecule has 0 aromatic carbocycles. The Balaban J connectivity index is 2.80. The van der Waals surface area contributed by atoms with Gasteiger partial charge in [0.05, 0.1) is 12.1 Å². The molecule has 0 radical (unpaired) electrons. The molecular formula is C7H10ClNO. The summed E-state index contributed by atoms with van der Waals surface area (Å²) >= 11 is 5.78. The van der Waals surface area contributed by atoms with Gasteiger partial charge in [-0.05, 0) is 12.5 Å². The fourth-order valence-corrected chi connectivity index (χ4v) is 1.20. The maximum absolute atomic E-state index is 5.78. The summed E-state index contributed by atoms with van der Waals surface area (Å²) in [6, 6.07) is 0. The third-order valence-electron chi connectivity index (χ3n) is 1.47. The minimum absolute atomic E-state index is 0.631. The van der Waals surface area contributed by atoms with Gasteiger partial charge in [-0.3, -0.25) is 0 Å². The lowest BCUT2D eigenvalue weighted by atomic mass is 10.1. The Bertz CT molecular complexity index is 196. The van der Waals surface area contributed by atoms with Gasteiger partial charge in [-0.1, -0.05) is 11.6 Å². The normalized spacial score (nSPS) is 18.8. The number of ether oxygens (including phenoxy) is 1. The average molecular weight is 160 g/mol. The molecule has 56 valence electrons. The van der Waals surface area contributed by atoms with Gasteiger partial charge in [0.2, 0.25) is 0 Å². The van der Waals surface area contributed by atoms with Gasteiger partial charge in [0.15, 0.2) is 0 Å². The van der Waals surface area contributed by atoms with Crippen molar-refractivity contribution < 1.29 is 4.74 Å². The molecule has 0 saturated carbocycles. The molecule has 0 unspecified atom stereocenters. The van der Waals surface area contributed by atoms with Crippen LogP contribution < -0.4 is 5.73 Å². The minimum atomic E-state index is 0.631. The van der Waals surface area contributed by atoms with Crippen LogP contribution in [-0.2, 0) is 4.74 Å². The van der Waals surface area contributed by atoms with Crippen molar-refractivity contribution in [3.63, 3.8) is 0 Å². The van der Waals surface area contributed by atoms with Crippen LogP contribution in [0.2, 0.25) is 0 Å². The van der Waals surface area contributed by atoms with Crippen LogP contribution in [0.4, 0.5) is 0 Å². The monoisotopic (exact) mass is 159 g/mol. The molecule has 1 rings (SSSR count). The van der Waals surface area contributed by atoms with Crippen molar-refractivity contribution in [3.05, 3.63) is 22.6 Å². The maximum atomic E-state index is 5.78. The summed E-state index contributed by atoms with van der Waals surface area (Å²) < 4.78 is 5.00. The Morgan fingerprint density at radius 2 is 2.30 bits per heavy atom. The highest BCUT2D eigenvalue weighted by Gasteiger charge is 2.09. The molecule has 1 aliphatic rings. The van der Waals surface area contributed by atoms with Crippen LogP contribution in [-0.4, -0.2) is 7.11 Å². The Hall–Kier alpha value is -0.630. The third kappa shape index (κ3) is 1.45. The first-order chi connectivity index (χ1) is 4.74. The lowest BCUT2D eigenvalue weighted by Gasteiger charge is -2.12. The van der Waals surface area contributed by atoms with Gasteiger partial charge in [0, 0.05) is 12.1 Å². The summed E-state index contributed by atoms with van der Waals surface area (Å²) in [5.41, 5.74) is 6.35. The number of nitrogens with two attached hydrogens (primary N) is 1. The molecule has 0 aliphatic heterocycles. The first-order valence-electron chi connectivity index (χ1n) is 3.12. The molecule has 0 atom stereocenters. The minimum Gasteiger partial charge on any atom is -0.500 e. The van der Waals surface area contributed by atoms with Crippen LogP contribution in [0.3, 0.4) is 0 Å². The predicted molar refractivity (Wildman–Crippen MR) is 41.4 cm³/mol. The summed E-state index contributed by atoms with van der Waals surface area (Å²) in [5.74, 6) is 0.830. The van der Waals surface area contributed by atoms with Gasteiger partial charge in [-0.15, -0.1) is 0 Å². The molecule has 0 amide bonds. The molecule has 10 heavy (non-hydrogen) atoms.